The largest absolute Gasteiger partial charge is 0.309 e. The summed E-state index contributed by atoms with van der Waals surface area (Å²) in [6.07, 6.45) is 1.16. The number of aryl methyl sites for hydroxylation is 1. The molecule has 40 heavy (non-hydrogen) atoms. The van der Waals surface area contributed by atoms with Crippen molar-refractivity contribution in [3.63, 3.8) is 0 Å². The molecule has 4 rings (SSSR count). The van der Waals surface area contributed by atoms with Crippen molar-refractivity contribution in [1.82, 2.24) is 14.1 Å². The molecule has 0 atom stereocenters. The average molecular weight is 582 g/mol. The van der Waals surface area contributed by atoms with Gasteiger partial charge in [-0.25, -0.2) is 13.1 Å². The van der Waals surface area contributed by atoms with Crippen molar-refractivity contribution in [2.75, 3.05) is 18.4 Å². The molecule has 0 aliphatic rings. The fourth-order valence-electron chi connectivity index (χ4n) is 4.01. The first-order chi connectivity index (χ1) is 19.1. The normalized spacial score (nSPS) is 11.5. The van der Waals surface area contributed by atoms with E-state index in [0.29, 0.717) is 30.0 Å². The summed E-state index contributed by atoms with van der Waals surface area (Å²) in [5.41, 5.74) is 2.72. The predicted molar refractivity (Wildman–Crippen MR) is 154 cm³/mol. The van der Waals surface area contributed by atoms with Crippen LogP contribution in [0.4, 0.5) is 11.5 Å². The second-order valence-electron chi connectivity index (χ2n) is 9.14. The maximum absolute atomic E-state index is 13.5. The number of amides is 1. The third-order valence-electron chi connectivity index (χ3n) is 6.16. The predicted octanol–water partition coefficient (Wildman–Crippen LogP) is 5.84. The van der Waals surface area contributed by atoms with Gasteiger partial charge in [-0.3, -0.25) is 14.9 Å². The number of halogens is 1. The zero-order valence-electron chi connectivity index (χ0n) is 22.0. The summed E-state index contributed by atoms with van der Waals surface area (Å²) < 4.78 is 29.6. The van der Waals surface area contributed by atoms with Gasteiger partial charge in [-0.15, -0.1) is 0 Å². The molecule has 0 spiro atoms. The number of rotatable bonds is 11. The van der Waals surface area contributed by atoms with Crippen LogP contribution >= 0.6 is 11.6 Å². The molecule has 0 saturated heterocycles. The molecule has 4 aromatic rings. The van der Waals surface area contributed by atoms with Crippen molar-refractivity contribution in [2.45, 2.75) is 31.6 Å². The second kappa shape index (κ2) is 12.4. The van der Waals surface area contributed by atoms with Crippen LogP contribution in [-0.4, -0.2) is 46.4 Å². The molecule has 3 aromatic carbocycles. The number of nitrogens with one attached hydrogen (secondary N) is 1. The van der Waals surface area contributed by atoms with Crippen LogP contribution in [0.15, 0.2) is 83.8 Å². The third kappa shape index (κ3) is 6.56. The van der Waals surface area contributed by atoms with Gasteiger partial charge < -0.3 is 5.32 Å². The van der Waals surface area contributed by atoms with E-state index in [0.717, 1.165) is 27.6 Å². The van der Waals surface area contributed by atoms with E-state index in [-0.39, 0.29) is 16.5 Å². The number of benzene rings is 3. The molecule has 1 aromatic heterocycles. The molecule has 10 nitrogen and oxygen atoms in total. The van der Waals surface area contributed by atoms with Gasteiger partial charge in [0.15, 0.2) is 0 Å². The van der Waals surface area contributed by atoms with E-state index in [4.69, 9.17) is 11.6 Å². The Bertz CT molecular complexity index is 1620. The van der Waals surface area contributed by atoms with E-state index in [1.165, 1.54) is 6.07 Å². The quantitative estimate of drug-likeness (QED) is 0.175. The summed E-state index contributed by atoms with van der Waals surface area (Å²) in [6, 6.07) is 22.1. The number of anilines is 1. The van der Waals surface area contributed by atoms with Crippen LogP contribution in [0.5, 0.6) is 0 Å². The standard InChI is InChI=1S/C28H28ClN5O5S/c1-3-4-16-32(40(38,39)23-14-15-24(29)26(17-23)34(36)37)19-28(35)30-27-18-25(21-8-6-5-7-9-21)31-33(27)22-12-10-20(2)11-13-22/h5-15,17-18H,3-4,16,19H2,1-2H3,(H,30,35). The highest BCUT2D eigenvalue weighted by atomic mass is 35.5. The van der Waals surface area contributed by atoms with Gasteiger partial charge in [0.1, 0.15) is 10.8 Å². The number of nitro benzene ring substituents is 1. The minimum Gasteiger partial charge on any atom is -0.309 e. The minimum absolute atomic E-state index is 0.0508. The molecule has 1 N–H and O–H groups in total. The number of carbonyl (C=O) groups excluding carboxylic acids is 1. The zero-order chi connectivity index (χ0) is 28.9. The highest BCUT2D eigenvalue weighted by Crippen LogP contribution is 2.29. The van der Waals surface area contributed by atoms with E-state index in [9.17, 15) is 23.3 Å². The van der Waals surface area contributed by atoms with E-state index in [1.807, 2.05) is 68.4 Å². The average Bonchev–Trinajstić information content (AvgIpc) is 3.35. The number of nitrogens with zero attached hydrogens (tertiary/aromatic N) is 4. The SMILES string of the molecule is CCCCN(CC(=O)Nc1cc(-c2ccccc2)nn1-c1ccc(C)cc1)S(=O)(=O)c1ccc(Cl)c([N+](=O)[O-])c1. The number of unbranched alkanes of at least 4 members (excludes halogenated alkanes) is 1. The van der Waals surface area contributed by atoms with Gasteiger partial charge in [-0.1, -0.05) is 73.0 Å². The first-order valence-corrected chi connectivity index (χ1v) is 14.4. The first-order valence-electron chi connectivity index (χ1n) is 12.6. The molecule has 1 heterocycles. The minimum atomic E-state index is -4.25. The number of carbonyl (C=O) groups is 1. The van der Waals surface area contributed by atoms with Crippen LogP contribution in [0, 0.1) is 17.0 Å². The molecule has 0 unspecified atom stereocenters. The maximum Gasteiger partial charge on any atom is 0.289 e. The van der Waals surface area contributed by atoms with Gasteiger partial charge in [0.05, 0.1) is 27.7 Å². The van der Waals surface area contributed by atoms with Gasteiger partial charge in [-0.2, -0.15) is 9.40 Å². The van der Waals surface area contributed by atoms with Crippen molar-refractivity contribution in [1.29, 1.82) is 0 Å². The molecule has 12 heteroatoms. The fraction of sp³-hybridized carbons (Fsp3) is 0.214. The number of hydrogen-bond acceptors (Lipinski definition) is 6. The van der Waals surface area contributed by atoms with E-state index in [2.05, 4.69) is 10.4 Å². The van der Waals surface area contributed by atoms with Crippen molar-refractivity contribution < 1.29 is 18.1 Å². The maximum atomic E-state index is 13.5. The number of sulfonamides is 1. The fourth-order valence-corrected chi connectivity index (χ4v) is 5.65. The van der Waals surface area contributed by atoms with Crippen LogP contribution in [0.2, 0.25) is 5.02 Å². The topological polar surface area (TPSA) is 127 Å². The van der Waals surface area contributed by atoms with E-state index >= 15 is 0 Å². The Kier molecular flexibility index (Phi) is 8.98. The molecule has 0 fully saturated rings. The van der Waals surface area contributed by atoms with Gasteiger partial charge in [-0.05, 0) is 37.6 Å². The van der Waals surface area contributed by atoms with Crippen LogP contribution in [0.25, 0.3) is 16.9 Å². The van der Waals surface area contributed by atoms with Crippen molar-refractivity contribution in [2.24, 2.45) is 0 Å². The Labute approximate surface area is 237 Å². The lowest BCUT2D eigenvalue weighted by molar-refractivity contribution is -0.384. The van der Waals surface area contributed by atoms with Crippen molar-refractivity contribution in [3.8, 4) is 16.9 Å². The van der Waals surface area contributed by atoms with Gasteiger partial charge >= 0.3 is 0 Å². The zero-order valence-corrected chi connectivity index (χ0v) is 23.5. The Morgan fingerprint density at radius 1 is 1.07 bits per heavy atom. The number of hydrogen-bond donors (Lipinski definition) is 1. The summed E-state index contributed by atoms with van der Waals surface area (Å²) in [4.78, 5) is 23.6. The summed E-state index contributed by atoms with van der Waals surface area (Å²) in [5.74, 6) is -0.223. The van der Waals surface area contributed by atoms with Crippen molar-refractivity contribution >= 4 is 39.0 Å². The molecular weight excluding hydrogens is 554 g/mol. The molecule has 0 bridgehead atoms. The van der Waals surface area contributed by atoms with Crippen LogP contribution < -0.4 is 5.32 Å². The highest BCUT2D eigenvalue weighted by molar-refractivity contribution is 7.89. The van der Waals surface area contributed by atoms with Crippen LogP contribution in [-0.2, 0) is 14.8 Å². The molecular formula is C28H28ClN5O5S. The second-order valence-corrected chi connectivity index (χ2v) is 11.5. The van der Waals surface area contributed by atoms with E-state index < -0.39 is 33.1 Å². The first kappa shape index (κ1) is 28.9. The summed E-state index contributed by atoms with van der Waals surface area (Å²) in [6.45, 7) is 3.41. The van der Waals surface area contributed by atoms with Gasteiger partial charge in [0.2, 0.25) is 15.9 Å². The lowest BCUT2D eigenvalue weighted by atomic mass is 10.1. The number of aromatic nitrogens is 2. The monoisotopic (exact) mass is 581 g/mol. The smallest absolute Gasteiger partial charge is 0.289 e. The van der Waals surface area contributed by atoms with Gasteiger partial charge in [0, 0.05) is 24.2 Å². The molecule has 0 radical (unpaired) electrons. The summed E-state index contributed by atoms with van der Waals surface area (Å²) in [5, 5.41) is 18.7. The van der Waals surface area contributed by atoms with Crippen LogP contribution in [0.3, 0.4) is 0 Å². The molecule has 0 aliphatic heterocycles. The summed E-state index contributed by atoms with van der Waals surface area (Å²) >= 11 is 5.88. The lowest BCUT2D eigenvalue weighted by Crippen LogP contribution is -2.39. The van der Waals surface area contributed by atoms with Gasteiger partial charge in [0.25, 0.3) is 5.69 Å². The molecule has 0 aliphatic carbocycles. The summed E-state index contributed by atoms with van der Waals surface area (Å²) in [7, 11) is -4.25. The molecule has 0 saturated carbocycles. The van der Waals surface area contributed by atoms with Crippen LogP contribution in [0.1, 0.15) is 25.3 Å². The Morgan fingerprint density at radius 3 is 2.42 bits per heavy atom. The Balaban J connectivity index is 1.65. The lowest BCUT2D eigenvalue weighted by Gasteiger charge is -2.21. The Hall–Kier alpha value is -4.06. The Morgan fingerprint density at radius 2 is 1.77 bits per heavy atom. The third-order valence-corrected chi connectivity index (χ3v) is 8.32. The molecule has 1 amide bonds. The van der Waals surface area contributed by atoms with E-state index in [1.54, 1.807) is 10.7 Å². The highest BCUT2D eigenvalue weighted by Gasteiger charge is 2.29. The van der Waals surface area contributed by atoms with Crippen molar-refractivity contribution in [3.05, 3.63) is 99.6 Å². The molecule has 208 valence electrons. The number of nitro groups is 1.